The Morgan fingerprint density at radius 3 is 2.31 bits per heavy atom. The normalized spacial score (nSPS) is 25.4. The van der Waals surface area contributed by atoms with Crippen molar-refractivity contribution in [1.82, 2.24) is 5.32 Å². The minimum Gasteiger partial charge on any atom is -0.481 e. The number of carboxylic acids is 1. The number of carbonyl (C=O) groups excluding carboxylic acids is 1. The molecule has 92 valence electrons. The summed E-state index contributed by atoms with van der Waals surface area (Å²) in [4.78, 5) is 22.4. The second kappa shape index (κ2) is 5.77. The largest absolute Gasteiger partial charge is 0.481 e. The second-order valence-electron chi connectivity index (χ2n) is 3.97. The lowest BCUT2D eigenvalue weighted by Crippen LogP contribution is -2.41. The molecule has 0 spiro atoms. The van der Waals surface area contributed by atoms with Gasteiger partial charge in [-0.3, -0.25) is 9.59 Å². The molecular weight excluding hydrogens is 220 g/mol. The van der Waals surface area contributed by atoms with Gasteiger partial charge in [0.2, 0.25) is 5.91 Å². The number of rotatable bonds is 4. The summed E-state index contributed by atoms with van der Waals surface area (Å²) in [5.74, 6) is -2.97. The van der Waals surface area contributed by atoms with Crippen LogP contribution in [0.1, 0.15) is 25.7 Å². The Morgan fingerprint density at radius 2 is 1.81 bits per heavy atom. The molecular formula is C10H15F2NO3. The Kier molecular flexibility index (Phi) is 4.64. The maximum Gasteiger partial charge on any atom is 0.307 e. The van der Waals surface area contributed by atoms with E-state index in [9.17, 15) is 18.4 Å². The van der Waals surface area contributed by atoms with Gasteiger partial charge in [-0.05, 0) is 12.8 Å². The van der Waals surface area contributed by atoms with Crippen molar-refractivity contribution in [3.8, 4) is 0 Å². The van der Waals surface area contributed by atoms with Crippen LogP contribution in [0.25, 0.3) is 0 Å². The van der Waals surface area contributed by atoms with E-state index in [0.717, 1.165) is 12.8 Å². The van der Waals surface area contributed by atoms with Crippen molar-refractivity contribution in [2.45, 2.75) is 32.1 Å². The fourth-order valence-electron chi connectivity index (χ4n) is 2.05. The molecule has 0 heterocycles. The molecule has 0 aromatic heterocycles. The minimum absolute atomic E-state index is 0.447. The second-order valence-corrected chi connectivity index (χ2v) is 3.97. The number of carbonyl (C=O) groups is 2. The summed E-state index contributed by atoms with van der Waals surface area (Å²) in [5, 5.41) is 11.0. The standard InChI is InChI=1S/C10H15F2NO3/c11-8(12)5-13-9(14)6-3-1-2-4-7(6)10(15)16/h6-8H,1-5H2,(H,13,14)(H,15,16). The van der Waals surface area contributed by atoms with E-state index in [4.69, 9.17) is 5.11 Å². The Labute approximate surface area is 92.0 Å². The highest BCUT2D eigenvalue weighted by molar-refractivity contribution is 5.84. The summed E-state index contributed by atoms with van der Waals surface area (Å²) in [6.07, 6.45) is -0.142. The maximum absolute atomic E-state index is 11.9. The van der Waals surface area contributed by atoms with E-state index in [0.29, 0.717) is 12.8 Å². The third-order valence-corrected chi connectivity index (χ3v) is 2.85. The Bertz CT molecular complexity index is 271. The molecule has 1 rings (SSSR count). The molecule has 1 aliphatic rings. The molecule has 1 amide bonds. The van der Waals surface area contributed by atoms with Gasteiger partial charge in [0.25, 0.3) is 6.43 Å². The van der Waals surface area contributed by atoms with Gasteiger partial charge in [0.05, 0.1) is 18.4 Å². The summed E-state index contributed by atoms with van der Waals surface area (Å²) in [6.45, 7) is -0.707. The number of alkyl halides is 2. The molecule has 0 aromatic rings. The number of aliphatic carboxylic acids is 1. The van der Waals surface area contributed by atoms with Crippen LogP contribution < -0.4 is 5.32 Å². The van der Waals surface area contributed by atoms with Crippen molar-refractivity contribution in [1.29, 1.82) is 0 Å². The van der Waals surface area contributed by atoms with Crippen LogP contribution in [0.4, 0.5) is 8.78 Å². The molecule has 1 fully saturated rings. The van der Waals surface area contributed by atoms with Gasteiger partial charge in [0, 0.05) is 0 Å². The first-order valence-corrected chi connectivity index (χ1v) is 5.31. The average Bonchev–Trinajstić information content (AvgIpc) is 2.25. The van der Waals surface area contributed by atoms with Crippen molar-refractivity contribution in [2.75, 3.05) is 6.54 Å². The molecule has 0 aliphatic heterocycles. The highest BCUT2D eigenvalue weighted by Gasteiger charge is 2.35. The lowest BCUT2D eigenvalue weighted by molar-refractivity contribution is -0.149. The van der Waals surface area contributed by atoms with Crippen LogP contribution in [0.2, 0.25) is 0 Å². The summed E-state index contributed by atoms with van der Waals surface area (Å²) in [6, 6.07) is 0. The Morgan fingerprint density at radius 1 is 1.25 bits per heavy atom. The van der Waals surface area contributed by atoms with Crippen LogP contribution in [-0.4, -0.2) is 30.0 Å². The van der Waals surface area contributed by atoms with E-state index in [2.05, 4.69) is 5.32 Å². The lowest BCUT2D eigenvalue weighted by Gasteiger charge is -2.27. The fraction of sp³-hybridized carbons (Fsp3) is 0.800. The Hall–Kier alpha value is -1.20. The molecule has 1 saturated carbocycles. The molecule has 2 N–H and O–H groups in total. The van der Waals surface area contributed by atoms with Crippen LogP contribution in [0.3, 0.4) is 0 Å². The van der Waals surface area contributed by atoms with Gasteiger partial charge in [-0.25, -0.2) is 8.78 Å². The SMILES string of the molecule is O=C(O)C1CCCCC1C(=O)NCC(F)F. The quantitative estimate of drug-likeness (QED) is 0.770. The Balaban J connectivity index is 2.54. The first kappa shape index (κ1) is 12.9. The van der Waals surface area contributed by atoms with Gasteiger partial charge in [-0.15, -0.1) is 0 Å². The molecule has 4 nitrogen and oxygen atoms in total. The van der Waals surface area contributed by atoms with E-state index in [1.54, 1.807) is 0 Å². The van der Waals surface area contributed by atoms with E-state index in [-0.39, 0.29) is 0 Å². The lowest BCUT2D eigenvalue weighted by atomic mass is 9.79. The van der Waals surface area contributed by atoms with Crippen molar-refractivity contribution < 1.29 is 23.5 Å². The first-order valence-electron chi connectivity index (χ1n) is 5.31. The van der Waals surface area contributed by atoms with Gasteiger partial charge in [-0.1, -0.05) is 12.8 Å². The van der Waals surface area contributed by atoms with Gasteiger partial charge in [0.1, 0.15) is 0 Å². The molecule has 16 heavy (non-hydrogen) atoms. The third kappa shape index (κ3) is 3.43. The van der Waals surface area contributed by atoms with Crippen LogP contribution in [0.5, 0.6) is 0 Å². The molecule has 2 unspecified atom stereocenters. The summed E-state index contributed by atoms with van der Waals surface area (Å²) in [5.41, 5.74) is 0. The number of hydrogen-bond acceptors (Lipinski definition) is 2. The zero-order valence-electron chi connectivity index (χ0n) is 8.79. The molecule has 6 heteroatoms. The predicted molar refractivity (Wildman–Crippen MR) is 52.1 cm³/mol. The van der Waals surface area contributed by atoms with Crippen LogP contribution >= 0.6 is 0 Å². The number of amides is 1. The topological polar surface area (TPSA) is 66.4 Å². The monoisotopic (exact) mass is 235 g/mol. The van der Waals surface area contributed by atoms with Gasteiger partial charge < -0.3 is 10.4 Å². The highest BCUT2D eigenvalue weighted by Crippen LogP contribution is 2.30. The van der Waals surface area contributed by atoms with Crippen molar-refractivity contribution in [2.24, 2.45) is 11.8 Å². The van der Waals surface area contributed by atoms with E-state index >= 15 is 0 Å². The third-order valence-electron chi connectivity index (χ3n) is 2.85. The first-order chi connectivity index (χ1) is 7.52. The van der Waals surface area contributed by atoms with Crippen molar-refractivity contribution >= 4 is 11.9 Å². The molecule has 2 atom stereocenters. The fourth-order valence-corrected chi connectivity index (χ4v) is 2.05. The van der Waals surface area contributed by atoms with Gasteiger partial charge in [-0.2, -0.15) is 0 Å². The highest BCUT2D eigenvalue weighted by atomic mass is 19.3. The number of carboxylic acid groups (broad SMARTS) is 1. The maximum atomic E-state index is 11.9. The predicted octanol–water partition coefficient (Wildman–Crippen LogP) is 1.26. The number of halogens is 2. The minimum atomic E-state index is -2.60. The summed E-state index contributed by atoms with van der Waals surface area (Å²) >= 11 is 0. The number of hydrogen-bond donors (Lipinski definition) is 2. The van der Waals surface area contributed by atoms with Crippen LogP contribution in [0.15, 0.2) is 0 Å². The van der Waals surface area contributed by atoms with Crippen molar-refractivity contribution in [3.05, 3.63) is 0 Å². The molecule has 0 saturated heterocycles. The van der Waals surface area contributed by atoms with Crippen molar-refractivity contribution in [3.63, 3.8) is 0 Å². The van der Waals surface area contributed by atoms with Crippen LogP contribution in [-0.2, 0) is 9.59 Å². The smallest absolute Gasteiger partial charge is 0.307 e. The zero-order valence-corrected chi connectivity index (χ0v) is 8.79. The summed E-state index contributed by atoms with van der Waals surface area (Å²) < 4.78 is 23.8. The average molecular weight is 235 g/mol. The molecule has 1 aliphatic carbocycles. The van der Waals surface area contributed by atoms with E-state index < -0.39 is 36.7 Å². The number of nitrogens with one attached hydrogen (secondary N) is 1. The molecule has 0 bridgehead atoms. The van der Waals surface area contributed by atoms with Gasteiger partial charge >= 0.3 is 5.97 Å². The van der Waals surface area contributed by atoms with E-state index in [1.807, 2.05) is 0 Å². The van der Waals surface area contributed by atoms with Gasteiger partial charge in [0.15, 0.2) is 0 Å². The van der Waals surface area contributed by atoms with E-state index in [1.165, 1.54) is 0 Å². The van der Waals surface area contributed by atoms with Crippen LogP contribution in [0, 0.1) is 11.8 Å². The zero-order chi connectivity index (χ0) is 12.1. The molecule has 0 aromatic carbocycles. The molecule has 0 radical (unpaired) electrons. The summed E-state index contributed by atoms with van der Waals surface area (Å²) in [7, 11) is 0.